The number of nitrogens with one attached hydrogen (secondary N) is 1. The van der Waals surface area contributed by atoms with E-state index in [0.29, 0.717) is 5.75 Å². The Bertz CT molecular complexity index is 716. The van der Waals surface area contributed by atoms with E-state index in [2.05, 4.69) is 5.09 Å². The van der Waals surface area contributed by atoms with Crippen LogP contribution in [0.2, 0.25) is 0 Å². The van der Waals surface area contributed by atoms with Gasteiger partial charge in [-0.05, 0) is 25.3 Å². The Hall–Kier alpha value is -1.55. The third-order valence-corrected chi connectivity index (χ3v) is 4.58. The Morgan fingerprint density at radius 2 is 1.95 bits per heavy atom. The van der Waals surface area contributed by atoms with Gasteiger partial charge in [0.05, 0.1) is 6.61 Å². The van der Waals surface area contributed by atoms with Gasteiger partial charge in [-0.15, -0.1) is 0 Å². The van der Waals surface area contributed by atoms with Gasteiger partial charge in [0, 0.05) is 16.6 Å². The fourth-order valence-electron chi connectivity index (χ4n) is 1.98. The topological polar surface area (TPSA) is 64.6 Å². The molecule has 0 amide bonds. The Kier molecular flexibility index (Phi) is 5.46. The Morgan fingerprint density at radius 3 is 2.68 bits per heavy atom. The van der Waals surface area contributed by atoms with E-state index in [4.69, 9.17) is 20.5 Å². The molecule has 0 radical (unpaired) electrons. The molecule has 118 valence electrons. The van der Waals surface area contributed by atoms with E-state index in [1.165, 1.54) is 6.92 Å². The molecule has 0 heterocycles. The highest BCUT2D eigenvalue weighted by molar-refractivity contribution is 7.84. The van der Waals surface area contributed by atoms with E-state index in [1.807, 2.05) is 30.3 Å². The first-order valence-corrected chi connectivity index (χ1v) is 9.37. The molecule has 0 bridgehead atoms. The van der Waals surface area contributed by atoms with Crippen LogP contribution in [-0.2, 0) is 14.1 Å². The average molecular weight is 342 g/mol. The lowest BCUT2D eigenvalue weighted by Gasteiger charge is -2.18. The van der Waals surface area contributed by atoms with E-state index in [9.17, 15) is 9.36 Å². The molecule has 0 aromatic heterocycles. The molecule has 7 heteroatoms. The van der Waals surface area contributed by atoms with Crippen molar-refractivity contribution in [3.8, 4) is 5.75 Å². The summed E-state index contributed by atoms with van der Waals surface area (Å²) < 4.78 is 22.6. The second-order valence-corrected chi connectivity index (χ2v) is 7.39. The van der Waals surface area contributed by atoms with Crippen LogP contribution in [0.15, 0.2) is 42.5 Å². The van der Waals surface area contributed by atoms with Crippen LogP contribution in [0.5, 0.6) is 5.75 Å². The minimum absolute atomic E-state index is 0.238. The van der Waals surface area contributed by atoms with Crippen LogP contribution < -0.4 is 9.61 Å². The quantitative estimate of drug-likeness (QED) is 0.633. The molecule has 0 aliphatic rings. The first kappa shape index (κ1) is 16.8. The van der Waals surface area contributed by atoms with Crippen molar-refractivity contribution < 1.29 is 18.6 Å². The number of rotatable bonds is 6. The maximum absolute atomic E-state index is 12.4. The number of hydrogen-bond donors (Lipinski definition) is 1. The third-order valence-electron chi connectivity index (χ3n) is 2.95. The van der Waals surface area contributed by atoms with E-state index in [0.717, 1.165) is 10.8 Å². The van der Waals surface area contributed by atoms with Gasteiger partial charge in [0.1, 0.15) is 11.8 Å². The van der Waals surface area contributed by atoms with Crippen LogP contribution in [0.4, 0.5) is 0 Å². The molecule has 0 saturated carbocycles. The van der Waals surface area contributed by atoms with E-state index in [1.54, 1.807) is 19.1 Å². The van der Waals surface area contributed by atoms with Crippen LogP contribution in [-0.4, -0.2) is 18.6 Å². The molecule has 2 atom stereocenters. The number of esters is 1. The van der Waals surface area contributed by atoms with Crippen molar-refractivity contribution in [1.82, 2.24) is 5.09 Å². The number of fused-ring (bicyclic) bond motifs is 1. The number of hydrogen-bond acceptors (Lipinski definition) is 4. The van der Waals surface area contributed by atoms with Gasteiger partial charge in [0.2, 0.25) is 0 Å². The molecule has 2 rings (SSSR count). The first-order valence-electron chi connectivity index (χ1n) is 6.84. The molecule has 2 aromatic rings. The van der Waals surface area contributed by atoms with E-state index >= 15 is 0 Å². The van der Waals surface area contributed by atoms with Crippen LogP contribution in [0.3, 0.4) is 0 Å². The van der Waals surface area contributed by atoms with Crippen molar-refractivity contribution in [2.24, 2.45) is 0 Å². The summed E-state index contributed by atoms with van der Waals surface area (Å²) in [6.07, 6.45) is 0. The third kappa shape index (κ3) is 4.23. The fraction of sp³-hybridized carbons (Fsp3) is 0.267. The zero-order valence-electron chi connectivity index (χ0n) is 12.3. The largest absolute Gasteiger partial charge is 0.465 e. The Labute approximate surface area is 133 Å². The summed E-state index contributed by atoms with van der Waals surface area (Å²) in [6, 6.07) is 12.0. The van der Waals surface area contributed by atoms with E-state index in [-0.39, 0.29) is 6.61 Å². The lowest BCUT2D eigenvalue weighted by Crippen LogP contribution is -2.33. The molecule has 2 aromatic carbocycles. The lowest BCUT2D eigenvalue weighted by molar-refractivity contribution is -0.144. The summed E-state index contributed by atoms with van der Waals surface area (Å²) in [5, 5.41) is 4.21. The standard InChI is InChI=1S/C15H17ClNO4P/c1-3-20-15(18)11(2)17-22(16,19)21-14-10-6-8-12-7-4-5-9-13(12)14/h4-11H,3H2,1-2H3,(H,17,19)/t11-,22+/m0/s1. The highest BCUT2D eigenvalue weighted by Gasteiger charge is 2.28. The zero-order chi connectivity index (χ0) is 16.2. The Morgan fingerprint density at radius 1 is 1.27 bits per heavy atom. The molecule has 0 saturated heterocycles. The zero-order valence-corrected chi connectivity index (χ0v) is 13.9. The molecule has 0 unspecified atom stereocenters. The van der Waals surface area contributed by atoms with Gasteiger partial charge in [-0.1, -0.05) is 36.4 Å². The minimum Gasteiger partial charge on any atom is -0.465 e. The van der Waals surface area contributed by atoms with Crippen LogP contribution in [0, 0.1) is 0 Å². The van der Waals surface area contributed by atoms with Gasteiger partial charge < -0.3 is 9.26 Å². The predicted octanol–water partition coefficient (Wildman–Crippen LogP) is 4.11. The van der Waals surface area contributed by atoms with Crippen LogP contribution >= 0.6 is 18.1 Å². The van der Waals surface area contributed by atoms with Gasteiger partial charge in [0.25, 0.3) is 0 Å². The smallest absolute Gasteiger partial charge is 0.409 e. The monoisotopic (exact) mass is 341 g/mol. The van der Waals surface area contributed by atoms with Crippen molar-refractivity contribution in [2.45, 2.75) is 19.9 Å². The second kappa shape index (κ2) is 7.14. The number of halogens is 1. The maximum Gasteiger partial charge on any atom is 0.409 e. The molecular weight excluding hydrogens is 325 g/mol. The minimum atomic E-state index is -3.73. The number of carbonyl (C=O) groups is 1. The van der Waals surface area contributed by atoms with Crippen molar-refractivity contribution in [1.29, 1.82) is 0 Å². The summed E-state index contributed by atoms with van der Waals surface area (Å²) in [5.41, 5.74) is 0. The lowest BCUT2D eigenvalue weighted by atomic mass is 10.1. The number of benzene rings is 2. The summed E-state index contributed by atoms with van der Waals surface area (Å²) in [5.74, 6) is -0.148. The van der Waals surface area contributed by atoms with Crippen molar-refractivity contribution in [2.75, 3.05) is 6.61 Å². The highest BCUT2D eigenvalue weighted by atomic mass is 35.7. The normalized spacial score (nSPS) is 15.0. The first-order chi connectivity index (χ1) is 10.4. The molecule has 5 nitrogen and oxygen atoms in total. The highest BCUT2D eigenvalue weighted by Crippen LogP contribution is 2.50. The summed E-state index contributed by atoms with van der Waals surface area (Å²) in [4.78, 5) is 11.6. The molecule has 1 N–H and O–H groups in total. The summed E-state index contributed by atoms with van der Waals surface area (Å²) in [7, 11) is 0. The van der Waals surface area contributed by atoms with Gasteiger partial charge in [-0.3, -0.25) is 4.79 Å². The maximum atomic E-state index is 12.4. The fourth-order valence-corrected chi connectivity index (χ4v) is 3.67. The second-order valence-electron chi connectivity index (χ2n) is 4.65. The van der Waals surface area contributed by atoms with Crippen molar-refractivity contribution in [3.05, 3.63) is 42.5 Å². The SMILES string of the molecule is CCOC(=O)[C@H](C)N[P@@](=O)(Cl)Oc1cccc2ccccc12. The average Bonchev–Trinajstić information content (AvgIpc) is 2.47. The number of carbonyl (C=O) groups excluding carboxylic acids is 1. The van der Waals surface area contributed by atoms with Crippen LogP contribution in [0.25, 0.3) is 10.8 Å². The summed E-state index contributed by atoms with van der Waals surface area (Å²) in [6.45, 7) is -0.288. The number of ether oxygens (including phenoxy) is 1. The Balaban J connectivity index is 2.17. The molecule has 22 heavy (non-hydrogen) atoms. The predicted molar refractivity (Wildman–Crippen MR) is 87.3 cm³/mol. The molecule has 0 fully saturated rings. The van der Waals surface area contributed by atoms with Gasteiger partial charge >= 0.3 is 12.8 Å². The molecule has 0 aliphatic carbocycles. The molecule has 0 spiro atoms. The van der Waals surface area contributed by atoms with Crippen LogP contribution in [0.1, 0.15) is 13.8 Å². The van der Waals surface area contributed by atoms with Crippen molar-refractivity contribution >= 4 is 34.9 Å². The summed E-state index contributed by atoms with van der Waals surface area (Å²) >= 11 is 5.92. The van der Waals surface area contributed by atoms with Crippen molar-refractivity contribution in [3.63, 3.8) is 0 Å². The van der Waals surface area contributed by atoms with Gasteiger partial charge in [-0.25, -0.2) is 9.65 Å². The molecular formula is C15H17ClNO4P. The molecule has 0 aliphatic heterocycles. The van der Waals surface area contributed by atoms with Gasteiger partial charge in [0.15, 0.2) is 0 Å². The van der Waals surface area contributed by atoms with Gasteiger partial charge in [-0.2, -0.15) is 0 Å². The van der Waals surface area contributed by atoms with E-state index < -0.39 is 18.9 Å².